The lowest BCUT2D eigenvalue weighted by Gasteiger charge is -2.24. The largest absolute Gasteiger partial charge is 0.390 e. The molecule has 0 bridgehead atoms. The zero-order valence-electron chi connectivity index (χ0n) is 11.7. The number of benzene rings is 1. The number of carbonyl (C=O) groups excluding carboxylic acids is 1. The summed E-state index contributed by atoms with van der Waals surface area (Å²) in [6.45, 7) is 1.93. The molecule has 110 valence electrons. The van der Waals surface area contributed by atoms with Crippen LogP contribution in [0.5, 0.6) is 0 Å². The molecular formula is C15H21NO4. The summed E-state index contributed by atoms with van der Waals surface area (Å²) < 4.78 is 4.78. The van der Waals surface area contributed by atoms with Crippen LogP contribution >= 0.6 is 0 Å². The molecule has 0 radical (unpaired) electrons. The second kappa shape index (κ2) is 6.35. The van der Waals surface area contributed by atoms with Crippen LogP contribution in [0.1, 0.15) is 23.5 Å². The van der Waals surface area contributed by atoms with E-state index in [4.69, 9.17) is 4.74 Å². The van der Waals surface area contributed by atoms with E-state index < -0.39 is 18.2 Å². The monoisotopic (exact) mass is 279 g/mol. The number of hydrogen-bond acceptors (Lipinski definition) is 4. The maximum Gasteiger partial charge on any atom is 0.246 e. The first kappa shape index (κ1) is 15.0. The Hall–Kier alpha value is -1.43. The molecule has 1 aliphatic rings. The third-order valence-corrected chi connectivity index (χ3v) is 3.88. The van der Waals surface area contributed by atoms with Crippen LogP contribution in [-0.4, -0.2) is 48.1 Å². The molecule has 1 fully saturated rings. The topological polar surface area (TPSA) is 78.8 Å². The fourth-order valence-corrected chi connectivity index (χ4v) is 2.89. The van der Waals surface area contributed by atoms with Gasteiger partial charge >= 0.3 is 0 Å². The van der Waals surface area contributed by atoms with Crippen molar-refractivity contribution in [3.63, 3.8) is 0 Å². The summed E-state index contributed by atoms with van der Waals surface area (Å²) in [6, 6.07) is 7.33. The van der Waals surface area contributed by atoms with Crippen LogP contribution in [0, 0.1) is 6.92 Å². The lowest BCUT2D eigenvalue weighted by Crippen LogP contribution is -2.46. The van der Waals surface area contributed by atoms with Gasteiger partial charge in [-0.3, -0.25) is 4.79 Å². The highest BCUT2D eigenvalue weighted by Gasteiger charge is 2.43. The normalized spacial score (nSPS) is 29.4. The number of ether oxygens (including phenoxy) is 1. The third kappa shape index (κ3) is 3.00. The summed E-state index contributed by atoms with van der Waals surface area (Å²) in [5.74, 6) is -0.383. The number of hydrogen-bond donors (Lipinski definition) is 3. The van der Waals surface area contributed by atoms with E-state index in [0.29, 0.717) is 6.42 Å². The van der Waals surface area contributed by atoms with E-state index in [2.05, 4.69) is 5.32 Å². The van der Waals surface area contributed by atoms with E-state index in [0.717, 1.165) is 11.1 Å². The molecule has 1 aromatic rings. The Labute approximate surface area is 118 Å². The summed E-state index contributed by atoms with van der Waals surface area (Å²) in [5.41, 5.74) is 2.13. The first-order valence-corrected chi connectivity index (χ1v) is 6.74. The van der Waals surface area contributed by atoms with Crippen molar-refractivity contribution in [1.29, 1.82) is 0 Å². The van der Waals surface area contributed by atoms with Crippen molar-refractivity contribution >= 4 is 5.91 Å². The van der Waals surface area contributed by atoms with E-state index in [9.17, 15) is 15.0 Å². The lowest BCUT2D eigenvalue weighted by atomic mass is 9.90. The minimum Gasteiger partial charge on any atom is -0.390 e. The molecular weight excluding hydrogens is 258 g/mol. The number of methoxy groups -OCH3 is 1. The fourth-order valence-electron chi connectivity index (χ4n) is 2.89. The molecule has 20 heavy (non-hydrogen) atoms. The maximum atomic E-state index is 11.7. The molecule has 1 saturated carbocycles. The predicted octanol–water partition coefficient (Wildman–Crippen LogP) is 0.335. The van der Waals surface area contributed by atoms with Crippen molar-refractivity contribution in [2.24, 2.45) is 0 Å². The summed E-state index contributed by atoms with van der Waals surface area (Å²) >= 11 is 0. The Bertz CT molecular complexity index is 477. The minimum absolute atomic E-state index is 0.0557. The highest BCUT2D eigenvalue weighted by Crippen LogP contribution is 2.36. The van der Waals surface area contributed by atoms with Gasteiger partial charge < -0.3 is 20.3 Å². The summed E-state index contributed by atoms with van der Waals surface area (Å²) in [7, 11) is 1.44. The Balaban J connectivity index is 2.22. The molecule has 0 aromatic heterocycles. The van der Waals surface area contributed by atoms with Gasteiger partial charge in [-0.05, 0) is 24.5 Å². The average Bonchev–Trinajstić information content (AvgIpc) is 2.68. The van der Waals surface area contributed by atoms with Gasteiger partial charge in [0, 0.05) is 13.0 Å². The molecule has 1 aliphatic carbocycles. The second-order valence-corrected chi connectivity index (χ2v) is 5.28. The van der Waals surface area contributed by atoms with Crippen LogP contribution in [0.15, 0.2) is 24.3 Å². The molecule has 0 heterocycles. The van der Waals surface area contributed by atoms with Crippen LogP contribution < -0.4 is 5.32 Å². The molecule has 5 nitrogen and oxygen atoms in total. The summed E-state index contributed by atoms with van der Waals surface area (Å²) in [5, 5.41) is 22.8. The molecule has 0 spiro atoms. The number of aliphatic hydroxyl groups excluding tert-OH is 2. The van der Waals surface area contributed by atoms with Crippen LogP contribution in [-0.2, 0) is 9.53 Å². The standard InChI is InChI=1S/C15H21NO4/c1-9-5-3-4-6-10(9)11-7-12(17)15(19)14(11)16-13(18)8-20-2/h3-6,11-12,14-15,17,19H,7-8H2,1-2H3,(H,16,18)/t11-,12-,14-,15-/m1/s1. The zero-order valence-corrected chi connectivity index (χ0v) is 11.7. The van der Waals surface area contributed by atoms with E-state index in [1.807, 2.05) is 31.2 Å². The quantitative estimate of drug-likeness (QED) is 0.742. The molecule has 5 heteroatoms. The molecule has 4 atom stereocenters. The van der Waals surface area contributed by atoms with E-state index in [-0.39, 0.29) is 18.4 Å². The number of rotatable bonds is 4. The maximum absolute atomic E-state index is 11.7. The van der Waals surface area contributed by atoms with Gasteiger partial charge in [-0.25, -0.2) is 0 Å². The van der Waals surface area contributed by atoms with Crippen molar-refractivity contribution in [1.82, 2.24) is 5.32 Å². The minimum atomic E-state index is -0.958. The Morgan fingerprint density at radius 1 is 1.40 bits per heavy atom. The number of amides is 1. The van der Waals surface area contributed by atoms with E-state index >= 15 is 0 Å². The van der Waals surface area contributed by atoms with Crippen molar-refractivity contribution in [3.8, 4) is 0 Å². The second-order valence-electron chi connectivity index (χ2n) is 5.28. The van der Waals surface area contributed by atoms with Crippen LogP contribution in [0.4, 0.5) is 0 Å². The zero-order chi connectivity index (χ0) is 14.7. The van der Waals surface area contributed by atoms with Gasteiger partial charge in [0.2, 0.25) is 5.91 Å². The van der Waals surface area contributed by atoms with Gasteiger partial charge in [-0.1, -0.05) is 24.3 Å². The Kier molecular flexibility index (Phi) is 4.75. The number of carbonyl (C=O) groups is 1. The first-order chi connectivity index (χ1) is 9.54. The van der Waals surface area contributed by atoms with E-state index in [1.165, 1.54) is 7.11 Å². The van der Waals surface area contributed by atoms with Crippen molar-refractivity contribution in [2.75, 3.05) is 13.7 Å². The van der Waals surface area contributed by atoms with Gasteiger partial charge in [0.15, 0.2) is 0 Å². The average molecular weight is 279 g/mol. The Morgan fingerprint density at radius 3 is 2.75 bits per heavy atom. The lowest BCUT2D eigenvalue weighted by molar-refractivity contribution is -0.126. The Morgan fingerprint density at radius 2 is 2.10 bits per heavy atom. The first-order valence-electron chi connectivity index (χ1n) is 6.74. The van der Waals surface area contributed by atoms with Gasteiger partial charge in [0.25, 0.3) is 0 Å². The van der Waals surface area contributed by atoms with Gasteiger partial charge in [0.05, 0.1) is 12.1 Å². The third-order valence-electron chi connectivity index (χ3n) is 3.88. The van der Waals surface area contributed by atoms with Crippen molar-refractivity contribution < 1.29 is 19.7 Å². The number of aliphatic hydroxyl groups is 2. The van der Waals surface area contributed by atoms with Crippen molar-refractivity contribution in [2.45, 2.75) is 37.5 Å². The molecule has 2 rings (SSSR count). The molecule has 0 aliphatic heterocycles. The van der Waals surface area contributed by atoms with E-state index in [1.54, 1.807) is 0 Å². The van der Waals surface area contributed by atoms with Gasteiger partial charge in [0.1, 0.15) is 12.7 Å². The van der Waals surface area contributed by atoms with Crippen LogP contribution in [0.25, 0.3) is 0 Å². The molecule has 1 amide bonds. The summed E-state index contributed by atoms with van der Waals surface area (Å²) in [4.78, 5) is 11.7. The molecule has 0 saturated heterocycles. The molecule has 1 aromatic carbocycles. The summed E-state index contributed by atoms with van der Waals surface area (Å²) in [6.07, 6.45) is -1.35. The molecule has 0 unspecified atom stereocenters. The smallest absolute Gasteiger partial charge is 0.246 e. The molecule has 3 N–H and O–H groups in total. The highest BCUT2D eigenvalue weighted by molar-refractivity contribution is 5.77. The number of nitrogens with one attached hydrogen (secondary N) is 1. The SMILES string of the molecule is COCC(=O)N[C@H]1[C@H](O)[C@H](O)C[C@@H]1c1ccccc1C. The van der Waals surface area contributed by atoms with Crippen LogP contribution in [0.2, 0.25) is 0 Å². The number of aryl methyl sites for hydroxylation is 1. The van der Waals surface area contributed by atoms with Crippen LogP contribution in [0.3, 0.4) is 0 Å². The fraction of sp³-hybridized carbons (Fsp3) is 0.533. The van der Waals surface area contributed by atoms with Gasteiger partial charge in [-0.2, -0.15) is 0 Å². The van der Waals surface area contributed by atoms with Gasteiger partial charge in [-0.15, -0.1) is 0 Å². The van der Waals surface area contributed by atoms with Crippen molar-refractivity contribution in [3.05, 3.63) is 35.4 Å². The highest BCUT2D eigenvalue weighted by atomic mass is 16.5. The predicted molar refractivity (Wildman–Crippen MR) is 74.4 cm³/mol.